The Morgan fingerprint density at radius 2 is 1.87 bits per heavy atom. The number of fused-ring (bicyclic) bond motifs is 1. The van der Waals surface area contributed by atoms with E-state index in [1.165, 1.54) is 0 Å². The van der Waals surface area contributed by atoms with Crippen LogP contribution in [-0.2, 0) is 10.2 Å². The first-order chi connectivity index (χ1) is 10.7. The van der Waals surface area contributed by atoms with Crippen molar-refractivity contribution in [3.05, 3.63) is 42.1 Å². The van der Waals surface area contributed by atoms with Gasteiger partial charge in [0.2, 0.25) is 0 Å². The maximum absolute atomic E-state index is 11.9. The van der Waals surface area contributed by atoms with Gasteiger partial charge in [0, 0.05) is 23.9 Å². The number of pyridine rings is 1. The highest BCUT2D eigenvalue weighted by molar-refractivity contribution is 5.78. The lowest BCUT2D eigenvalue weighted by Crippen LogP contribution is -2.45. The van der Waals surface area contributed by atoms with Crippen LogP contribution in [0.25, 0.3) is 10.9 Å². The highest BCUT2D eigenvalue weighted by atomic mass is 16.6. The van der Waals surface area contributed by atoms with Crippen molar-refractivity contribution in [2.24, 2.45) is 5.73 Å². The zero-order chi connectivity index (χ0) is 17.1. The Bertz CT molecular complexity index is 694. The van der Waals surface area contributed by atoms with Crippen LogP contribution in [0.4, 0.5) is 4.79 Å². The number of aromatic nitrogens is 1. The molecule has 0 saturated carbocycles. The number of hydrogen-bond donors (Lipinski definition) is 2. The number of ether oxygens (including phenoxy) is 1. The summed E-state index contributed by atoms with van der Waals surface area (Å²) in [6, 6.07) is 11.9. The average Bonchev–Trinajstić information content (AvgIpc) is 2.50. The Kier molecular flexibility index (Phi) is 4.90. The first-order valence-electron chi connectivity index (χ1n) is 7.77. The normalized spacial score (nSPS) is 14.3. The fourth-order valence-electron chi connectivity index (χ4n) is 2.25. The van der Waals surface area contributed by atoms with E-state index >= 15 is 0 Å². The number of carbonyl (C=O) groups is 1. The van der Waals surface area contributed by atoms with Gasteiger partial charge in [-0.15, -0.1) is 0 Å². The summed E-state index contributed by atoms with van der Waals surface area (Å²) < 4.78 is 5.27. The molecule has 0 aliphatic heterocycles. The first-order valence-corrected chi connectivity index (χ1v) is 7.77. The van der Waals surface area contributed by atoms with Crippen LogP contribution in [0.1, 0.15) is 33.4 Å². The minimum absolute atomic E-state index is 0.365. The number of amides is 1. The fourth-order valence-corrected chi connectivity index (χ4v) is 2.25. The lowest BCUT2D eigenvalue weighted by atomic mass is 9.86. The number of nitrogens with two attached hydrogens (primary N) is 1. The number of carbonyl (C=O) groups excluding carboxylic acids is 1. The summed E-state index contributed by atoms with van der Waals surface area (Å²) in [7, 11) is 0. The molecular formula is C18H25N3O2. The molecule has 1 aromatic carbocycles. The molecule has 1 aromatic heterocycles. The fraction of sp³-hybridized carbons (Fsp3) is 0.444. The molecule has 23 heavy (non-hydrogen) atoms. The first kappa shape index (κ1) is 17.2. The van der Waals surface area contributed by atoms with E-state index in [2.05, 4.69) is 5.32 Å². The summed E-state index contributed by atoms with van der Waals surface area (Å²) in [5.74, 6) is 0. The van der Waals surface area contributed by atoms with Gasteiger partial charge in [-0.2, -0.15) is 0 Å². The summed E-state index contributed by atoms with van der Waals surface area (Å²) in [6.45, 7) is 8.22. The molecule has 0 aliphatic carbocycles. The van der Waals surface area contributed by atoms with Gasteiger partial charge in [0.25, 0.3) is 0 Å². The monoisotopic (exact) mass is 315 g/mol. The molecule has 1 unspecified atom stereocenters. The molecule has 1 atom stereocenters. The van der Waals surface area contributed by atoms with Crippen molar-refractivity contribution >= 4 is 17.0 Å². The van der Waals surface area contributed by atoms with Gasteiger partial charge >= 0.3 is 6.09 Å². The summed E-state index contributed by atoms with van der Waals surface area (Å²) in [6.07, 6.45) is -0.446. The second-order valence-corrected chi connectivity index (χ2v) is 7.01. The van der Waals surface area contributed by atoms with Crippen molar-refractivity contribution in [1.82, 2.24) is 10.3 Å². The number of benzene rings is 1. The van der Waals surface area contributed by atoms with Crippen molar-refractivity contribution in [2.45, 2.75) is 38.7 Å². The third kappa shape index (κ3) is 4.42. The SMILES string of the molecule is CC(C)(C)OC(=O)NCC(C)(CN)c1ccc2ccccc2n1. The second-order valence-electron chi connectivity index (χ2n) is 7.01. The van der Waals surface area contributed by atoms with Crippen LogP contribution in [0.5, 0.6) is 0 Å². The van der Waals surface area contributed by atoms with E-state index < -0.39 is 17.1 Å². The molecule has 124 valence electrons. The quantitative estimate of drug-likeness (QED) is 0.909. The van der Waals surface area contributed by atoms with Crippen LogP contribution in [-0.4, -0.2) is 29.8 Å². The maximum Gasteiger partial charge on any atom is 0.407 e. The molecule has 0 radical (unpaired) electrons. The van der Waals surface area contributed by atoms with Crippen LogP contribution in [0.2, 0.25) is 0 Å². The zero-order valence-corrected chi connectivity index (χ0v) is 14.2. The largest absolute Gasteiger partial charge is 0.444 e. The molecule has 0 bridgehead atoms. The molecule has 5 nitrogen and oxygen atoms in total. The van der Waals surface area contributed by atoms with Gasteiger partial charge in [0.15, 0.2) is 0 Å². The van der Waals surface area contributed by atoms with E-state index in [1.54, 1.807) is 0 Å². The summed E-state index contributed by atoms with van der Waals surface area (Å²) in [5, 5.41) is 3.88. The lowest BCUT2D eigenvalue weighted by molar-refractivity contribution is 0.0516. The van der Waals surface area contributed by atoms with Gasteiger partial charge in [-0.25, -0.2) is 4.79 Å². The van der Waals surface area contributed by atoms with Gasteiger partial charge in [-0.3, -0.25) is 4.98 Å². The minimum atomic E-state index is -0.523. The Morgan fingerprint density at radius 3 is 2.52 bits per heavy atom. The molecule has 2 rings (SSSR count). The van der Waals surface area contributed by atoms with E-state index in [0.717, 1.165) is 16.6 Å². The number of rotatable bonds is 4. The lowest BCUT2D eigenvalue weighted by Gasteiger charge is -2.29. The number of para-hydroxylation sites is 1. The van der Waals surface area contributed by atoms with Crippen molar-refractivity contribution in [1.29, 1.82) is 0 Å². The number of nitrogens with zero attached hydrogens (tertiary/aromatic N) is 1. The zero-order valence-electron chi connectivity index (χ0n) is 14.2. The average molecular weight is 315 g/mol. The molecule has 0 fully saturated rings. The van der Waals surface area contributed by atoms with Crippen LogP contribution >= 0.6 is 0 Å². The molecule has 2 aromatic rings. The molecule has 1 amide bonds. The van der Waals surface area contributed by atoms with Crippen LogP contribution in [0, 0.1) is 0 Å². The standard InChI is InChI=1S/C18H25N3O2/c1-17(2,3)23-16(22)20-12-18(4,11-19)15-10-9-13-7-5-6-8-14(13)21-15/h5-10H,11-12,19H2,1-4H3,(H,20,22). The van der Waals surface area contributed by atoms with Crippen molar-refractivity contribution in [3.63, 3.8) is 0 Å². The Hall–Kier alpha value is -2.14. The van der Waals surface area contributed by atoms with Crippen LogP contribution in [0.15, 0.2) is 36.4 Å². The van der Waals surface area contributed by atoms with Gasteiger partial charge in [-0.1, -0.05) is 31.2 Å². The summed E-state index contributed by atoms with van der Waals surface area (Å²) in [5.41, 5.74) is 6.76. The second kappa shape index (κ2) is 6.54. The molecule has 0 aliphatic rings. The van der Waals surface area contributed by atoms with E-state index in [9.17, 15) is 4.79 Å². The predicted molar refractivity (Wildman–Crippen MR) is 92.4 cm³/mol. The molecule has 1 heterocycles. The van der Waals surface area contributed by atoms with Crippen molar-refractivity contribution in [3.8, 4) is 0 Å². The van der Waals surface area contributed by atoms with Gasteiger partial charge in [0.1, 0.15) is 5.60 Å². The Labute approximate surface area is 137 Å². The molecule has 5 heteroatoms. The van der Waals surface area contributed by atoms with E-state index in [0.29, 0.717) is 13.1 Å². The van der Waals surface area contributed by atoms with Crippen LogP contribution in [0.3, 0.4) is 0 Å². The Morgan fingerprint density at radius 1 is 1.17 bits per heavy atom. The number of hydrogen-bond acceptors (Lipinski definition) is 4. The van der Waals surface area contributed by atoms with Crippen molar-refractivity contribution in [2.75, 3.05) is 13.1 Å². The van der Waals surface area contributed by atoms with E-state index in [4.69, 9.17) is 15.5 Å². The third-order valence-electron chi connectivity index (χ3n) is 3.69. The predicted octanol–water partition coefficient (Wildman–Crippen LogP) is 2.98. The molecule has 3 N–H and O–H groups in total. The molecular weight excluding hydrogens is 290 g/mol. The molecule has 0 saturated heterocycles. The topological polar surface area (TPSA) is 77.2 Å². The highest BCUT2D eigenvalue weighted by Gasteiger charge is 2.28. The maximum atomic E-state index is 11.9. The summed E-state index contributed by atoms with van der Waals surface area (Å²) in [4.78, 5) is 16.6. The minimum Gasteiger partial charge on any atom is -0.444 e. The molecule has 0 spiro atoms. The highest BCUT2D eigenvalue weighted by Crippen LogP contribution is 2.23. The van der Waals surface area contributed by atoms with E-state index in [1.807, 2.05) is 64.1 Å². The third-order valence-corrected chi connectivity index (χ3v) is 3.69. The Balaban J connectivity index is 2.16. The summed E-state index contributed by atoms with van der Waals surface area (Å²) >= 11 is 0. The van der Waals surface area contributed by atoms with E-state index in [-0.39, 0.29) is 0 Å². The number of nitrogens with one attached hydrogen (secondary N) is 1. The number of alkyl carbamates (subject to hydrolysis) is 1. The smallest absolute Gasteiger partial charge is 0.407 e. The van der Waals surface area contributed by atoms with Gasteiger partial charge in [-0.05, 0) is 32.9 Å². The van der Waals surface area contributed by atoms with Gasteiger partial charge < -0.3 is 15.8 Å². The van der Waals surface area contributed by atoms with Crippen molar-refractivity contribution < 1.29 is 9.53 Å². The van der Waals surface area contributed by atoms with Gasteiger partial charge in [0.05, 0.1) is 11.2 Å². The van der Waals surface area contributed by atoms with Crippen LogP contribution < -0.4 is 11.1 Å².